The van der Waals surface area contributed by atoms with E-state index in [2.05, 4.69) is 0 Å². The zero-order valence-corrected chi connectivity index (χ0v) is 9.71. The van der Waals surface area contributed by atoms with Gasteiger partial charge in [0.15, 0.2) is 5.78 Å². The van der Waals surface area contributed by atoms with E-state index >= 15 is 0 Å². The molecule has 0 aromatic heterocycles. The maximum Gasteiger partial charge on any atom is 0.193 e. The van der Waals surface area contributed by atoms with E-state index in [1.54, 1.807) is 0 Å². The highest BCUT2D eigenvalue weighted by molar-refractivity contribution is 6.09. The Labute approximate surface area is 103 Å². The van der Waals surface area contributed by atoms with E-state index in [-0.39, 0.29) is 17.0 Å². The Morgan fingerprint density at radius 3 is 2.22 bits per heavy atom. The van der Waals surface area contributed by atoms with Crippen LogP contribution in [0.25, 0.3) is 0 Å². The standard InChI is InChI=1S/C14H11F2NO/c1-8-12(16)6-10(7-13(8)17)14(18)9-2-4-11(15)5-3-9/h2-7H,17H2,1H3. The second-order valence-electron chi connectivity index (χ2n) is 4.01. The second-order valence-corrected chi connectivity index (χ2v) is 4.01. The van der Waals surface area contributed by atoms with E-state index in [0.717, 1.165) is 6.07 Å². The molecule has 0 saturated heterocycles. The first kappa shape index (κ1) is 12.2. The summed E-state index contributed by atoms with van der Waals surface area (Å²) < 4.78 is 26.2. The maximum atomic E-state index is 13.5. The van der Waals surface area contributed by atoms with Crippen LogP contribution in [0.2, 0.25) is 0 Å². The molecule has 0 unspecified atom stereocenters. The van der Waals surface area contributed by atoms with Gasteiger partial charge in [-0.1, -0.05) is 0 Å². The van der Waals surface area contributed by atoms with Gasteiger partial charge < -0.3 is 5.73 Å². The van der Waals surface area contributed by atoms with Crippen molar-refractivity contribution in [3.05, 3.63) is 64.7 Å². The van der Waals surface area contributed by atoms with Crippen LogP contribution in [0.4, 0.5) is 14.5 Å². The van der Waals surface area contributed by atoms with Crippen molar-refractivity contribution in [2.24, 2.45) is 0 Å². The van der Waals surface area contributed by atoms with Gasteiger partial charge in [0.1, 0.15) is 11.6 Å². The van der Waals surface area contributed by atoms with Crippen molar-refractivity contribution in [1.82, 2.24) is 0 Å². The summed E-state index contributed by atoms with van der Waals surface area (Å²) in [6.45, 7) is 1.54. The van der Waals surface area contributed by atoms with Gasteiger partial charge in [-0.15, -0.1) is 0 Å². The Balaban J connectivity index is 2.43. The largest absolute Gasteiger partial charge is 0.398 e. The number of halogens is 2. The number of nitrogen functional groups attached to an aromatic ring is 1. The molecule has 2 nitrogen and oxygen atoms in total. The maximum absolute atomic E-state index is 13.5. The number of hydrogen-bond donors (Lipinski definition) is 1. The third-order valence-corrected chi connectivity index (χ3v) is 2.75. The predicted octanol–water partition coefficient (Wildman–Crippen LogP) is 3.09. The first-order valence-corrected chi connectivity index (χ1v) is 5.35. The Bertz CT molecular complexity index is 583. The fourth-order valence-corrected chi connectivity index (χ4v) is 1.60. The summed E-state index contributed by atoms with van der Waals surface area (Å²) in [6, 6.07) is 7.63. The van der Waals surface area contributed by atoms with Crippen LogP contribution >= 0.6 is 0 Å². The van der Waals surface area contributed by atoms with Gasteiger partial charge in [-0.3, -0.25) is 4.79 Å². The highest BCUT2D eigenvalue weighted by Gasteiger charge is 2.13. The van der Waals surface area contributed by atoms with Crippen LogP contribution in [-0.2, 0) is 0 Å². The molecule has 18 heavy (non-hydrogen) atoms. The lowest BCUT2D eigenvalue weighted by Crippen LogP contribution is -2.04. The quantitative estimate of drug-likeness (QED) is 0.654. The number of benzene rings is 2. The van der Waals surface area contributed by atoms with Gasteiger partial charge in [0, 0.05) is 22.4 Å². The molecular formula is C14H11F2NO. The van der Waals surface area contributed by atoms with E-state index in [4.69, 9.17) is 5.73 Å². The minimum atomic E-state index is -0.527. The Kier molecular flexibility index (Phi) is 3.10. The minimum Gasteiger partial charge on any atom is -0.398 e. The van der Waals surface area contributed by atoms with Crippen LogP contribution in [0.1, 0.15) is 21.5 Å². The van der Waals surface area contributed by atoms with Crippen LogP contribution in [0.5, 0.6) is 0 Å². The lowest BCUT2D eigenvalue weighted by molar-refractivity contribution is 0.103. The van der Waals surface area contributed by atoms with Crippen LogP contribution < -0.4 is 5.73 Å². The molecule has 0 fully saturated rings. The van der Waals surface area contributed by atoms with Crippen molar-refractivity contribution in [1.29, 1.82) is 0 Å². The van der Waals surface area contributed by atoms with Crippen molar-refractivity contribution >= 4 is 11.5 Å². The Morgan fingerprint density at radius 2 is 1.67 bits per heavy atom. The van der Waals surface area contributed by atoms with E-state index < -0.39 is 11.6 Å². The summed E-state index contributed by atoms with van der Waals surface area (Å²) in [5.41, 5.74) is 6.59. The number of rotatable bonds is 2. The van der Waals surface area contributed by atoms with E-state index in [9.17, 15) is 13.6 Å². The molecule has 0 aliphatic carbocycles. The summed E-state index contributed by atoms with van der Waals surface area (Å²) in [4.78, 5) is 12.0. The highest BCUT2D eigenvalue weighted by Crippen LogP contribution is 2.20. The predicted molar refractivity (Wildman–Crippen MR) is 65.4 cm³/mol. The number of carbonyl (C=O) groups excluding carboxylic acids is 1. The minimum absolute atomic E-state index is 0.155. The molecule has 0 atom stereocenters. The first-order valence-electron chi connectivity index (χ1n) is 5.35. The van der Waals surface area contributed by atoms with Gasteiger partial charge in [-0.25, -0.2) is 8.78 Å². The first-order chi connectivity index (χ1) is 8.49. The molecule has 0 spiro atoms. The van der Waals surface area contributed by atoms with Crippen molar-refractivity contribution in [3.8, 4) is 0 Å². The third-order valence-electron chi connectivity index (χ3n) is 2.75. The molecule has 0 aliphatic rings. The number of ketones is 1. The molecule has 0 heterocycles. The average molecular weight is 247 g/mol. The monoisotopic (exact) mass is 247 g/mol. The molecule has 0 aliphatic heterocycles. The van der Waals surface area contributed by atoms with Crippen LogP contribution in [0.3, 0.4) is 0 Å². The fourth-order valence-electron chi connectivity index (χ4n) is 1.60. The average Bonchev–Trinajstić information content (AvgIpc) is 2.35. The lowest BCUT2D eigenvalue weighted by Gasteiger charge is -2.06. The molecule has 4 heteroatoms. The molecule has 2 aromatic rings. The second kappa shape index (κ2) is 4.56. The van der Waals surface area contributed by atoms with Crippen molar-refractivity contribution < 1.29 is 13.6 Å². The molecule has 0 amide bonds. The van der Waals surface area contributed by atoms with Gasteiger partial charge in [0.05, 0.1) is 0 Å². The molecule has 2 aromatic carbocycles. The molecule has 92 valence electrons. The van der Waals surface area contributed by atoms with Crippen molar-refractivity contribution in [2.45, 2.75) is 6.92 Å². The Hall–Kier alpha value is -2.23. The van der Waals surface area contributed by atoms with Crippen molar-refractivity contribution in [2.75, 3.05) is 5.73 Å². The van der Waals surface area contributed by atoms with Gasteiger partial charge in [0.2, 0.25) is 0 Å². The van der Waals surface area contributed by atoms with Gasteiger partial charge >= 0.3 is 0 Å². The number of anilines is 1. The highest BCUT2D eigenvalue weighted by atomic mass is 19.1. The number of nitrogens with two attached hydrogens (primary N) is 1. The molecular weight excluding hydrogens is 236 g/mol. The van der Waals surface area contributed by atoms with E-state index in [1.807, 2.05) is 0 Å². The van der Waals surface area contributed by atoms with Crippen LogP contribution in [0, 0.1) is 18.6 Å². The van der Waals surface area contributed by atoms with E-state index in [1.165, 1.54) is 37.3 Å². The zero-order valence-electron chi connectivity index (χ0n) is 9.71. The molecule has 2 rings (SSSR count). The topological polar surface area (TPSA) is 43.1 Å². The van der Waals surface area contributed by atoms with Gasteiger partial charge in [-0.05, 0) is 43.3 Å². The summed E-state index contributed by atoms with van der Waals surface area (Å²) in [5.74, 6) is -1.35. The third kappa shape index (κ3) is 2.22. The summed E-state index contributed by atoms with van der Waals surface area (Å²) in [5, 5.41) is 0. The van der Waals surface area contributed by atoms with Gasteiger partial charge in [0.25, 0.3) is 0 Å². The molecule has 0 bridgehead atoms. The van der Waals surface area contributed by atoms with Crippen molar-refractivity contribution in [3.63, 3.8) is 0 Å². The normalized spacial score (nSPS) is 10.4. The zero-order chi connectivity index (χ0) is 13.3. The van der Waals surface area contributed by atoms with Crippen LogP contribution in [-0.4, -0.2) is 5.78 Å². The molecule has 0 saturated carbocycles. The lowest BCUT2D eigenvalue weighted by atomic mass is 10.0. The summed E-state index contributed by atoms with van der Waals surface area (Å²) >= 11 is 0. The van der Waals surface area contributed by atoms with Crippen LogP contribution in [0.15, 0.2) is 36.4 Å². The molecule has 2 N–H and O–H groups in total. The molecule has 0 radical (unpaired) electrons. The number of hydrogen-bond acceptors (Lipinski definition) is 2. The summed E-state index contributed by atoms with van der Waals surface area (Å²) in [6.07, 6.45) is 0. The SMILES string of the molecule is Cc1c(N)cc(C(=O)c2ccc(F)cc2)cc1F. The van der Waals surface area contributed by atoms with E-state index in [0.29, 0.717) is 11.1 Å². The summed E-state index contributed by atoms with van der Waals surface area (Å²) in [7, 11) is 0. The number of carbonyl (C=O) groups is 1. The smallest absolute Gasteiger partial charge is 0.193 e. The fraction of sp³-hybridized carbons (Fsp3) is 0.0714. The Morgan fingerprint density at radius 1 is 1.06 bits per heavy atom. The van der Waals surface area contributed by atoms with Gasteiger partial charge in [-0.2, -0.15) is 0 Å².